The Morgan fingerprint density at radius 1 is 1.29 bits per heavy atom. The summed E-state index contributed by atoms with van der Waals surface area (Å²) in [4.78, 5) is 0. The molecule has 0 aromatic heterocycles. The molecular weight excluding hydrogens is 179 g/mol. The summed E-state index contributed by atoms with van der Waals surface area (Å²) in [5.74, 6) is 0.0124. The fraction of sp³-hybridized carbons (Fsp3) is 0.500. The van der Waals surface area contributed by atoms with Crippen molar-refractivity contribution >= 4 is 0 Å². The number of rotatable bonds is 2. The van der Waals surface area contributed by atoms with Crippen LogP contribution in [0, 0.1) is 0 Å². The maximum Gasteiger partial charge on any atom is 0.107 e. The molecule has 2 atom stereocenters. The summed E-state index contributed by atoms with van der Waals surface area (Å²) >= 11 is 0. The van der Waals surface area contributed by atoms with Crippen LogP contribution in [0.2, 0.25) is 0 Å². The van der Waals surface area contributed by atoms with Crippen LogP contribution < -0.4 is 0 Å². The number of hydrogen-bond acceptors (Lipinski definition) is 1. The highest BCUT2D eigenvalue weighted by atomic mass is 19.1. The van der Waals surface area contributed by atoms with Gasteiger partial charge in [-0.1, -0.05) is 24.3 Å². The monoisotopic (exact) mass is 194 g/mol. The highest BCUT2D eigenvalue weighted by Crippen LogP contribution is 2.38. The predicted molar refractivity (Wildman–Crippen MR) is 53.9 cm³/mol. The molecule has 0 aliphatic heterocycles. The van der Waals surface area contributed by atoms with Gasteiger partial charge in [-0.2, -0.15) is 0 Å². The Balaban J connectivity index is 2.30. The zero-order valence-corrected chi connectivity index (χ0v) is 8.12. The molecule has 0 bridgehead atoms. The van der Waals surface area contributed by atoms with Crippen molar-refractivity contribution in [3.63, 3.8) is 0 Å². The quantitative estimate of drug-likeness (QED) is 0.767. The third-order valence-electron chi connectivity index (χ3n) is 3.06. The van der Waals surface area contributed by atoms with Crippen molar-refractivity contribution in [2.75, 3.05) is 0 Å². The molecule has 1 N–H and O–H groups in total. The van der Waals surface area contributed by atoms with Gasteiger partial charge in [-0.3, -0.25) is 0 Å². The first-order valence-electron chi connectivity index (χ1n) is 5.15. The topological polar surface area (TPSA) is 20.2 Å². The summed E-state index contributed by atoms with van der Waals surface area (Å²) < 4.78 is 13.5. The summed E-state index contributed by atoms with van der Waals surface area (Å²) in [7, 11) is 0. The van der Waals surface area contributed by atoms with Crippen molar-refractivity contribution in [1.82, 2.24) is 0 Å². The molecule has 1 fully saturated rings. The van der Waals surface area contributed by atoms with Crippen molar-refractivity contribution in [2.45, 2.75) is 38.0 Å². The summed E-state index contributed by atoms with van der Waals surface area (Å²) in [5, 5.41) is 9.14. The molecule has 1 aromatic carbocycles. The fourth-order valence-corrected chi connectivity index (χ4v) is 2.31. The van der Waals surface area contributed by atoms with Crippen molar-refractivity contribution in [3.05, 3.63) is 35.4 Å². The first-order valence-corrected chi connectivity index (χ1v) is 5.15. The van der Waals surface area contributed by atoms with Gasteiger partial charge in [-0.05, 0) is 30.4 Å². The lowest BCUT2D eigenvalue weighted by Crippen LogP contribution is -2.08. The van der Waals surface area contributed by atoms with Crippen LogP contribution in [0.3, 0.4) is 0 Å². The van der Waals surface area contributed by atoms with E-state index >= 15 is 0 Å². The Labute approximate surface area is 83.6 Å². The second-order valence-corrected chi connectivity index (χ2v) is 3.91. The van der Waals surface area contributed by atoms with E-state index in [2.05, 4.69) is 0 Å². The Morgan fingerprint density at radius 3 is 2.71 bits per heavy atom. The van der Waals surface area contributed by atoms with Crippen LogP contribution in [-0.4, -0.2) is 11.3 Å². The first kappa shape index (κ1) is 9.66. The Bertz CT molecular complexity index is 311. The second kappa shape index (κ2) is 4.09. The summed E-state index contributed by atoms with van der Waals surface area (Å²) in [6, 6.07) is 7.62. The lowest BCUT2D eigenvalue weighted by Gasteiger charge is -2.16. The van der Waals surface area contributed by atoms with Crippen LogP contribution >= 0.6 is 0 Å². The normalized spacial score (nSPS) is 26.7. The largest absolute Gasteiger partial charge is 0.392 e. The van der Waals surface area contributed by atoms with Gasteiger partial charge in [0.25, 0.3) is 0 Å². The van der Waals surface area contributed by atoms with E-state index in [4.69, 9.17) is 5.11 Å². The third kappa shape index (κ3) is 1.67. The van der Waals surface area contributed by atoms with Gasteiger partial charge in [0.05, 0.1) is 6.61 Å². The molecule has 0 saturated heterocycles. The predicted octanol–water partition coefficient (Wildman–Crippen LogP) is 2.78. The van der Waals surface area contributed by atoms with Crippen molar-refractivity contribution in [3.8, 4) is 0 Å². The van der Waals surface area contributed by atoms with Crippen LogP contribution in [0.4, 0.5) is 4.39 Å². The third-order valence-corrected chi connectivity index (χ3v) is 3.06. The molecule has 2 rings (SSSR count). The van der Waals surface area contributed by atoms with Gasteiger partial charge >= 0.3 is 0 Å². The van der Waals surface area contributed by atoms with Gasteiger partial charge in [0.1, 0.15) is 6.17 Å². The minimum absolute atomic E-state index is 0.0124. The molecule has 0 heterocycles. The summed E-state index contributed by atoms with van der Waals surface area (Å²) in [5.41, 5.74) is 1.88. The number of aliphatic hydroxyl groups excluding tert-OH is 1. The van der Waals surface area contributed by atoms with Gasteiger partial charge in [-0.25, -0.2) is 4.39 Å². The van der Waals surface area contributed by atoms with E-state index in [9.17, 15) is 4.39 Å². The van der Waals surface area contributed by atoms with Crippen LogP contribution in [0.25, 0.3) is 0 Å². The molecular formula is C12H15FO. The maximum atomic E-state index is 13.5. The molecule has 0 radical (unpaired) electrons. The highest BCUT2D eigenvalue weighted by molar-refractivity contribution is 5.31. The number of halogens is 1. The average Bonchev–Trinajstić information content (AvgIpc) is 2.64. The molecule has 1 aliphatic rings. The van der Waals surface area contributed by atoms with Gasteiger partial charge < -0.3 is 5.11 Å². The second-order valence-electron chi connectivity index (χ2n) is 3.91. The standard InChI is InChI=1S/C12H15FO/c13-12-7-3-6-11(12)10-5-2-1-4-9(10)8-14/h1-2,4-5,11-12,14H,3,6-8H2. The zero-order valence-electron chi connectivity index (χ0n) is 8.12. The Hall–Kier alpha value is -0.890. The molecule has 1 saturated carbocycles. The SMILES string of the molecule is OCc1ccccc1C1CCCC1F. The molecule has 14 heavy (non-hydrogen) atoms. The molecule has 0 spiro atoms. The fourth-order valence-electron chi connectivity index (χ4n) is 2.31. The molecule has 1 nitrogen and oxygen atoms in total. The minimum Gasteiger partial charge on any atom is -0.392 e. The van der Waals surface area contributed by atoms with Gasteiger partial charge in [0.15, 0.2) is 0 Å². The Morgan fingerprint density at radius 2 is 2.07 bits per heavy atom. The molecule has 0 amide bonds. The number of benzene rings is 1. The molecule has 2 unspecified atom stereocenters. The van der Waals surface area contributed by atoms with Crippen molar-refractivity contribution in [2.24, 2.45) is 0 Å². The molecule has 1 aromatic rings. The summed E-state index contributed by atoms with van der Waals surface area (Å²) in [6.45, 7) is 0.0133. The van der Waals surface area contributed by atoms with Gasteiger partial charge in [-0.15, -0.1) is 0 Å². The van der Waals surface area contributed by atoms with E-state index in [1.54, 1.807) is 0 Å². The summed E-state index contributed by atoms with van der Waals surface area (Å²) in [6.07, 6.45) is 1.83. The zero-order chi connectivity index (χ0) is 9.97. The highest BCUT2D eigenvalue weighted by Gasteiger charge is 2.29. The van der Waals surface area contributed by atoms with Gasteiger partial charge in [0, 0.05) is 5.92 Å². The van der Waals surface area contributed by atoms with Gasteiger partial charge in [0.2, 0.25) is 0 Å². The molecule has 76 valence electrons. The molecule has 1 aliphatic carbocycles. The minimum atomic E-state index is -0.720. The van der Waals surface area contributed by atoms with Crippen LogP contribution in [0.1, 0.15) is 36.3 Å². The van der Waals surface area contributed by atoms with E-state index in [0.717, 1.165) is 24.0 Å². The number of aliphatic hydroxyl groups is 1. The smallest absolute Gasteiger partial charge is 0.107 e. The maximum absolute atomic E-state index is 13.5. The van der Waals surface area contributed by atoms with E-state index < -0.39 is 6.17 Å². The van der Waals surface area contributed by atoms with Crippen LogP contribution in [0.5, 0.6) is 0 Å². The first-order chi connectivity index (χ1) is 6.83. The lowest BCUT2D eigenvalue weighted by molar-refractivity contribution is 0.274. The number of alkyl halides is 1. The van der Waals surface area contributed by atoms with Crippen molar-refractivity contribution < 1.29 is 9.50 Å². The van der Waals surface area contributed by atoms with Crippen LogP contribution in [0.15, 0.2) is 24.3 Å². The Kier molecular flexibility index (Phi) is 2.82. The van der Waals surface area contributed by atoms with E-state index in [0.29, 0.717) is 6.42 Å². The molecule has 2 heteroatoms. The average molecular weight is 194 g/mol. The van der Waals surface area contributed by atoms with Crippen LogP contribution in [-0.2, 0) is 6.61 Å². The van der Waals surface area contributed by atoms with E-state index in [1.807, 2.05) is 24.3 Å². The van der Waals surface area contributed by atoms with Crippen molar-refractivity contribution in [1.29, 1.82) is 0 Å². The van der Waals surface area contributed by atoms with E-state index in [1.165, 1.54) is 0 Å². The number of hydrogen-bond donors (Lipinski definition) is 1. The lowest BCUT2D eigenvalue weighted by atomic mass is 9.92. The van der Waals surface area contributed by atoms with E-state index in [-0.39, 0.29) is 12.5 Å².